The average molecular weight is 351 g/mol. The molecule has 0 radical (unpaired) electrons. The summed E-state index contributed by atoms with van der Waals surface area (Å²) in [4.78, 5) is 0. The second kappa shape index (κ2) is 3.55. The van der Waals surface area contributed by atoms with Crippen LogP contribution in [0.25, 0.3) is 0 Å². The zero-order valence-electron chi connectivity index (χ0n) is 10.7. The van der Waals surface area contributed by atoms with Gasteiger partial charge < -0.3 is 0 Å². The molecule has 2 bridgehead atoms. The van der Waals surface area contributed by atoms with Crippen LogP contribution in [0.2, 0.25) is 0 Å². The molecule has 0 heterocycles. The molecule has 0 amide bonds. The van der Waals surface area contributed by atoms with Crippen molar-refractivity contribution in [1.82, 2.24) is 0 Å². The van der Waals surface area contributed by atoms with Gasteiger partial charge in [-0.05, 0) is 36.5 Å². The highest BCUT2D eigenvalue weighted by molar-refractivity contribution is 14.2. The normalized spacial score (nSPS) is 48.0. The second-order valence-corrected chi connectivity index (χ2v) is 9.53. The molecular weight excluding hydrogens is 327 g/mol. The number of halogens is 1. The fraction of sp³-hybridized carbons (Fsp3) is 1.00. The smallest absolute Gasteiger partial charge is 0.0589 e. The molecule has 0 aromatic rings. The molecule has 0 aliphatic heterocycles. The van der Waals surface area contributed by atoms with E-state index in [2.05, 4.69) is 42.0 Å². The van der Waals surface area contributed by atoms with E-state index in [4.69, 9.17) is 0 Å². The molecule has 3 rings (SSSR count). The predicted molar refractivity (Wildman–Crippen MR) is 82.1 cm³/mol. The van der Waals surface area contributed by atoms with E-state index in [0.29, 0.717) is 10.8 Å². The molecule has 0 nitrogen and oxygen atoms in total. The molecule has 0 aromatic heterocycles. The fourth-order valence-corrected chi connectivity index (χ4v) is 9.86. The molecule has 0 N–H and O–H groups in total. The van der Waals surface area contributed by atoms with Gasteiger partial charge in [-0.25, -0.2) is 0 Å². The van der Waals surface area contributed by atoms with Crippen molar-refractivity contribution >= 4 is 30.1 Å². The van der Waals surface area contributed by atoms with E-state index in [1.54, 1.807) is 8.93 Å². The lowest BCUT2D eigenvalue weighted by Crippen LogP contribution is -2.45. The maximum absolute atomic E-state index is 2.64. The maximum atomic E-state index is 2.64. The Morgan fingerprint density at radius 2 is 1.69 bits per heavy atom. The topological polar surface area (TPSA) is 0 Å². The van der Waals surface area contributed by atoms with Gasteiger partial charge in [0.1, 0.15) is 5.25 Å². The third-order valence-electron chi connectivity index (χ3n) is 6.95. The van der Waals surface area contributed by atoms with Crippen molar-refractivity contribution in [2.75, 3.05) is 0 Å². The Labute approximate surface area is 116 Å². The summed E-state index contributed by atoms with van der Waals surface area (Å²) < 4.78 is 0. The summed E-state index contributed by atoms with van der Waals surface area (Å²) >= 11 is 2.64. The lowest BCUT2D eigenvalue weighted by Gasteiger charge is -2.47. The summed E-state index contributed by atoms with van der Waals surface area (Å²) in [5, 5.41) is 1.00. The van der Waals surface area contributed by atoms with Gasteiger partial charge >= 0.3 is 0 Å². The van der Waals surface area contributed by atoms with Crippen LogP contribution in [-0.4, -0.2) is 5.25 Å². The molecule has 1 spiro atoms. The van der Waals surface area contributed by atoms with Crippen LogP contribution in [0.3, 0.4) is 0 Å². The van der Waals surface area contributed by atoms with Crippen molar-refractivity contribution in [3.8, 4) is 0 Å². The monoisotopic (exact) mass is 351 g/mol. The highest BCUT2D eigenvalue weighted by atomic mass is 127. The first-order valence-corrected chi connectivity index (χ1v) is 10.6. The quantitative estimate of drug-likeness (QED) is 0.370. The van der Waals surface area contributed by atoms with Crippen molar-refractivity contribution in [2.24, 2.45) is 22.2 Å². The number of hydrogen-bond donors (Lipinski definition) is 0. The Morgan fingerprint density at radius 1 is 1.06 bits per heavy atom. The van der Waals surface area contributed by atoms with Crippen LogP contribution in [0.5, 0.6) is 0 Å². The molecular formula is C14H24IS+. The SMILES string of the molecule is CC1(C)C2CCC1(C)C1(CCCC1)C2[SH+]I. The van der Waals surface area contributed by atoms with E-state index in [-0.39, 0.29) is 0 Å². The Morgan fingerprint density at radius 3 is 2.25 bits per heavy atom. The van der Waals surface area contributed by atoms with Crippen LogP contribution in [0.4, 0.5) is 0 Å². The van der Waals surface area contributed by atoms with Gasteiger partial charge in [-0.2, -0.15) is 0 Å². The molecule has 0 saturated heterocycles. The van der Waals surface area contributed by atoms with Crippen molar-refractivity contribution in [3.05, 3.63) is 0 Å². The highest BCUT2D eigenvalue weighted by Crippen LogP contribution is 2.77. The van der Waals surface area contributed by atoms with Crippen LogP contribution in [0.1, 0.15) is 59.3 Å². The number of hydrogen-bond acceptors (Lipinski definition) is 0. The minimum atomic E-state index is 0.597. The third-order valence-corrected chi connectivity index (χ3v) is 9.82. The summed E-state index contributed by atoms with van der Waals surface area (Å²) in [6.07, 6.45) is 9.08. The van der Waals surface area contributed by atoms with Crippen molar-refractivity contribution < 1.29 is 0 Å². The van der Waals surface area contributed by atoms with E-state index in [0.717, 1.165) is 16.6 Å². The van der Waals surface area contributed by atoms with Gasteiger partial charge in [0.2, 0.25) is 21.2 Å². The summed E-state index contributed by atoms with van der Waals surface area (Å²) in [6, 6.07) is 0. The molecule has 3 unspecified atom stereocenters. The number of thiol groups is 1. The minimum Gasteiger partial charge on any atom is -0.0589 e. The van der Waals surface area contributed by atoms with E-state index in [9.17, 15) is 0 Å². The van der Waals surface area contributed by atoms with Crippen LogP contribution >= 0.6 is 21.2 Å². The van der Waals surface area contributed by atoms with Gasteiger partial charge in [-0.1, -0.05) is 33.6 Å². The lowest BCUT2D eigenvalue weighted by atomic mass is 9.57. The van der Waals surface area contributed by atoms with Crippen molar-refractivity contribution in [2.45, 2.75) is 64.5 Å². The predicted octanol–water partition coefficient (Wildman–Crippen LogP) is 4.54. The number of fused-ring (bicyclic) bond motifs is 3. The summed E-state index contributed by atoms with van der Waals surface area (Å²) in [7, 11) is 1.66. The van der Waals surface area contributed by atoms with Crippen molar-refractivity contribution in [1.29, 1.82) is 0 Å². The molecule has 3 saturated carbocycles. The van der Waals surface area contributed by atoms with E-state index < -0.39 is 0 Å². The zero-order chi connectivity index (χ0) is 11.6. The Balaban J connectivity index is 2.11. The van der Waals surface area contributed by atoms with E-state index >= 15 is 0 Å². The summed E-state index contributed by atoms with van der Waals surface area (Å²) in [6.45, 7) is 7.79. The summed E-state index contributed by atoms with van der Waals surface area (Å²) in [5.41, 5.74) is 1.96. The molecule has 3 aliphatic rings. The molecule has 3 aliphatic carbocycles. The van der Waals surface area contributed by atoms with Gasteiger partial charge in [0.25, 0.3) is 0 Å². The molecule has 3 fully saturated rings. The average Bonchev–Trinajstić information content (AvgIpc) is 2.82. The fourth-order valence-electron chi connectivity index (χ4n) is 5.71. The molecule has 3 atom stereocenters. The van der Waals surface area contributed by atoms with Gasteiger partial charge in [0.05, 0.1) is 0 Å². The van der Waals surface area contributed by atoms with Crippen LogP contribution < -0.4 is 0 Å². The first-order chi connectivity index (χ1) is 7.49. The maximum Gasteiger partial charge on any atom is 0.248 e. The molecule has 2 heteroatoms. The van der Waals surface area contributed by atoms with Gasteiger partial charge in [-0.3, -0.25) is 0 Å². The second-order valence-electron chi connectivity index (χ2n) is 7.10. The van der Waals surface area contributed by atoms with E-state index in [1.807, 2.05) is 0 Å². The summed E-state index contributed by atoms with van der Waals surface area (Å²) in [5.74, 6) is 1.01. The standard InChI is InChI=1S/C14H23IS/c1-12(2)10-6-9-13(12,3)14(11(10)16-15)7-4-5-8-14/h10-11H,4-9H2,1-3H3/p+1. The number of rotatable bonds is 1. The lowest BCUT2D eigenvalue weighted by molar-refractivity contribution is 0.0219. The highest BCUT2D eigenvalue weighted by Gasteiger charge is 2.75. The molecule has 16 heavy (non-hydrogen) atoms. The first kappa shape index (κ1) is 12.1. The third kappa shape index (κ3) is 1.10. The zero-order valence-corrected chi connectivity index (χ0v) is 13.8. The van der Waals surface area contributed by atoms with E-state index in [1.165, 1.54) is 38.5 Å². The minimum absolute atomic E-state index is 0.597. The van der Waals surface area contributed by atoms with Crippen LogP contribution in [0.15, 0.2) is 0 Å². The Kier molecular flexibility index (Phi) is 2.69. The Hall–Kier alpha value is 1.08. The van der Waals surface area contributed by atoms with Gasteiger partial charge in [0, 0.05) is 20.3 Å². The molecule has 92 valence electrons. The van der Waals surface area contributed by atoms with Crippen LogP contribution in [-0.2, 0) is 8.93 Å². The Bertz CT molecular complexity index is 306. The molecule has 0 aromatic carbocycles. The van der Waals surface area contributed by atoms with Crippen LogP contribution in [0, 0.1) is 22.2 Å². The first-order valence-electron chi connectivity index (χ1n) is 6.81. The van der Waals surface area contributed by atoms with Crippen molar-refractivity contribution in [3.63, 3.8) is 0 Å². The largest absolute Gasteiger partial charge is 0.248 e. The van der Waals surface area contributed by atoms with Gasteiger partial charge in [-0.15, -0.1) is 0 Å². The van der Waals surface area contributed by atoms with Gasteiger partial charge in [0.15, 0.2) is 0 Å².